The van der Waals surface area contributed by atoms with Gasteiger partial charge in [-0.05, 0) is 55.5 Å². The van der Waals surface area contributed by atoms with Gasteiger partial charge in [-0.25, -0.2) is 0 Å². The van der Waals surface area contributed by atoms with E-state index in [9.17, 15) is 9.59 Å². The molecule has 4 rings (SSSR count). The summed E-state index contributed by atoms with van der Waals surface area (Å²) < 4.78 is 3.28. The Morgan fingerprint density at radius 3 is 2.66 bits per heavy atom. The van der Waals surface area contributed by atoms with Crippen molar-refractivity contribution in [2.45, 2.75) is 65.5 Å². The van der Waals surface area contributed by atoms with Gasteiger partial charge in [0.15, 0.2) is 0 Å². The van der Waals surface area contributed by atoms with E-state index in [1.165, 1.54) is 17.5 Å². The molecule has 3 atom stereocenters. The number of likely N-dealkylation sites (tertiary alicyclic amines) is 1. The lowest BCUT2D eigenvalue weighted by molar-refractivity contribution is -0.127. The van der Waals surface area contributed by atoms with Crippen LogP contribution in [0.5, 0.6) is 0 Å². The van der Waals surface area contributed by atoms with Crippen LogP contribution in [-0.4, -0.2) is 40.4 Å². The maximum Gasteiger partial charge on any atom is 0.270 e. The summed E-state index contributed by atoms with van der Waals surface area (Å²) in [6, 6.07) is 4.42. The second kappa shape index (κ2) is 8.50. The molecule has 6 heteroatoms. The first-order valence-electron chi connectivity index (χ1n) is 11.2. The standard InChI is InChI=1S/C23H33N3O2S/c1-4-26-19-10-13-29-21(19)14-20(26)23(28)25-11-8-17(9-12-25)22(27)24-18-7-5-6-15(2)16(18)3/h10,13-18H,4-9,11-12H2,1-3H3,(H,24,27)/t15-,16+,18+/m0/s1. The predicted octanol–water partition coefficient (Wildman–Crippen LogP) is 4.52. The van der Waals surface area contributed by atoms with Crippen molar-refractivity contribution >= 4 is 33.4 Å². The number of piperidine rings is 1. The van der Waals surface area contributed by atoms with Gasteiger partial charge >= 0.3 is 0 Å². The van der Waals surface area contributed by atoms with E-state index in [0.29, 0.717) is 31.0 Å². The van der Waals surface area contributed by atoms with Gasteiger partial charge < -0.3 is 14.8 Å². The highest BCUT2D eigenvalue weighted by atomic mass is 32.1. The van der Waals surface area contributed by atoms with Crippen LogP contribution in [0.15, 0.2) is 17.5 Å². The first-order chi connectivity index (χ1) is 14.0. The molecule has 2 fully saturated rings. The monoisotopic (exact) mass is 415 g/mol. The number of rotatable bonds is 4. The van der Waals surface area contributed by atoms with Crippen LogP contribution < -0.4 is 5.32 Å². The van der Waals surface area contributed by atoms with E-state index >= 15 is 0 Å². The molecule has 0 radical (unpaired) electrons. The molecule has 0 aromatic carbocycles. The van der Waals surface area contributed by atoms with E-state index < -0.39 is 0 Å². The number of aryl methyl sites for hydroxylation is 1. The molecule has 2 amide bonds. The lowest BCUT2D eigenvalue weighted by atomic mass is 9.78. The Kier molecular flexibility index (Phi) is 6.00. The van der Waals surface area contributed by atoms with Gasteiger partial charge in [-0.3, -0.25) is 9.59 Å². The molecule has 3 heterocycles. The Labute approximate surface area is 177 Å². The average molecular weight is 416 g/mol. The minimum Gasteiger partial charge on any atom is -0.353 e. The van der Waals surface area contributed by atoms with Crippen molar-refractivity contribution in [2.75, 3.05) is 13.1 Å². The normalized spacial score (nSPS) is 26.0. The van der Waals surface area contributed by atoms with Gasteiger partial charge in [0.05, 0.1) is 10.2 Å². The number of hydrogen-bond donors (Lipinski definition) is 1. The zero-order chi connectivity index (χ0) is 20.5. The SMILES string of the molecule is CCn1c(C(=O)N2CCC(C(=O)N[C@@H]3CCC[C@H](C)[C@H]3C)CC2)cc2sccc21. The molecule has 1 aliphatic carbocycles. The minimum atomic E-state index is 0.0323. The van der Waals surface area contributed by atoms with Crippen LogP contribution >= 0.6 is 11.3 Å². The van der Waals surface area contributed by atoms with E-state index in [4.69, 9.17) is 0 Å². The van der Waals surface area contributed by atoms with E-state index in [0.717, 1.165) is 37.0 Å². The number of nitrogens with zero attached hydrogens (tertiary/aromatic N) is 2. The Morgan fingerprint density at radius 2 is 1.93 bits per heavy atom. The highest BCUT2D eigenvalue weighted by molar-refractivity contribution is 7.17. The number of aromatic nitrogens is 1. The lowest BCUT2D eigenvalue weighted by Gasteiger charge is -2.37. The minimum absolute atomic E-state index is 0.0323. The van der Waals surface area contributed by atoms with Gasteiger partial charge in [0.2, 0.25) is 5.91 Å². The van der Waals surface area contributed by atoms with Crippen molar-refractivity contribution < 1.29 is 9.59 Å². The van der Waals surface area contributed by atoms with Crippen molar-refractivity contribution in [3.63, 3.8) is 0 Å². The smallest absolute Gasteiger partial charge is 0.270 e. The number of nitrogens with one attached hydrogen (secondary N) is 1. The molecular weight excluding hydrogens is 382 g/mol. The van der Waals surface area contributed by atoms with Crippen molar-refractivity contribution in [3.8, 4) is 0 Å². The maximum atomic E-state index is 13.1. The van der Waals surface area contributed by atoms with Crippen LogP contribution in [0.4, 0.5) is 0 Å². The van der Waals surface area contributed by atoms with Gasteiger partial charge in [0.1, 0.15) is 5.69 Å². The highest BCUT2D eigenvalue weighted by Crippen LogP contribution is 2.31. The van der Waals surface area contributed by atoms with Crippen LogP contribution in [0.1, 0.15) is 63.4 Å². The van der Waals surface area contributed by atoms with Crippen molar-refractivity contribution in [1.29, 1.82) is 0 Å². The van der Waals surface area contributed by atoms with Gasteiger partial charge in [0, 0.05) is 31.6 Å². The quantitative estimate of drug-likeness (QED) is 0.798. The summed E-state index contributed by atoms with van der Waals surface area (Å²) >= 11 is 1.68. The molecule has 5 nitrogen and oxygen atoms in total. The summed E-state index contributed by atoms with van der Waals surface area (Å²) in [4.78, 5) is 27.9. The Hall–Kier alpha value is -1.82. The Bertz CT molecular complexity index is 878. The second-order valence-corrected chi connectivity index (χ2v) is 9.84. The molecule has 158 valence electrons. The fourth-order valence-electron chi connectivity index (χ4n) is 5.09. The predicted molar refractivity (Wildman–Crippen MR) is 118 cm³/mol. The van der Waals surface area contributed by atoms with Crippen LogP contribution in [-0.2, 0) is 11.3 Å². The van der Waals surface area contributed by atoms with Gasteiger partial charge in [-0.1, -0.05) is 26.7 Å². The fraction of sp³-hybridized carbons (Fsp3) is 0.652. The van der Waals surface area contributed by atoms with Gasteiger partial charge in [-0.15, -0.1) is 11.3 Å². The van der Waals surface area contributed by atoms with Crippen LogP contribution in [0.3, 0.4) is 0 Å². The molecule has 29 heavy (non-hydrogen) atoms. The molecule has 1 aliphatic heterocycles. The number of thiophene rings is 1. The third kappa shape index (κ3) is 3.96. The molecule has 1 saturated carbocycles. The first kappa shape index (κ1) is 20.5. The molecule has 1 N–H and O–H groups in total. The fourth-order valence-corrected chi connectivity index (χ4v) is 5.91. The number of carbonyl (C=O) groups excluding carboxylic acids is 2. The molecule has 0 unspecified atom stereocenters. The number of carbonyl (C=O) groups is 2. The lowest BCUT2D eigenvalue weighted by Crippen LogP contribution is -2.48. The number of amides is 2. The summed E-state index contributed by atoms with van der Waals surface area (Å²) in [5, 5.41) is 5.40. The van der Waals surface area contributed by atoms with Crippen molar-refractivity contribution in [1.82, 2.24) is 14.8 Å². The highest BCUT2D eigenvalue weighted by Gasteiger charge is 2.33. The Morgan fingerprint density at radius 1 is 1.17 bits per heavy atom. The number of hydrogen-bond acceptors (Lipinski definition) is 3. The largest absolute Gasteiger partial charge is 0.353 e. The van der Waals surface area contributed by atoms with Crippen molar-refractivity contribution in [2.24, 2.45) is 17.8 Å². The third-order valence-electron chi connectivity index (χ3n) is 7.25. The number of fused-ring (bicyclic) bond motifs is 1. The second-order valence-electron chi connectivity index (χ2n) is 8.89. The van der Waals surface area contributed by atoms with E-state index in [-0.39, 0.29) is 17.7 Å². The summed E-state index contributed by atoms with van der Waals surface area (Å²) in [6.45, 7) is 8.76. The van der Waals surface area contributed by atoms with Crippen LogP contribution in [0.25, 0.3) is 10.2 Å². The summed E-state index contributed by atoms with van der Waals surface area (Å²) in [5.41, 5.74) is 1.92. The summed E-state index contributed by atoms with van der Waals surface area (Å²) in [6.07, 6.45) is 5.09. The van der Waals surface area contributed by atoms with Crippen LogP contribution in [0.2, 0.25) is 0 Å². The summed E-state index contributed by atoms with van der Waals surface area (Å²) in [5.74, 6) is 1.55. The molecule has 2 aliphatic rings. The zero-order valence-electron chi connectivity index (χ0n) is 17.8. The molecule has 0 bridgehead atoms. The zero-order valence-corrected chi connectivity index (χ0v) is 18.6. The third-order valence-corrected chi connectivity index (χ3v) is 8.10. The molecule has 0 spiro atoms. The average Bonchev–Trinajstić information content (AvgIpc) is 3.32. The molecule has 2 aromatic heterocycles. The van der Waals surface area contributed by atoms with Gasteiger partial charge in [0.25, 0.3) is 5.91 Å². The molecule has 1 saturated heterocycles. The van der Waals surface area contributed by atoms with E-state index in [2.05, 4.69) is 42.1 Å². The molecule has 2 aromatic rings. The van der Waals surface area contributed by atoms with Crippen molar-refractivity contribution in [3.05, 3.63) is 23.2 Å². The maximum absolute atomic E-state index is 13.1. The van der Waals surface area contributed by atoms with E-state index in [1.807, 2.05) is 11.0 Å². The van der Waals surface area contributed by atoms with Gasteiger partial charge in [-0.2, -0.15) is 0 Å². The first-order valence-corrected chi connectivity index (χ1v) is 12.0. The summed E-state index contributed by atoms with van der Waals surface area (Å²) in [7, 11) is 0. The molecular formula is C23H33N3O2S. The van der Waals surface area contributed by atoms with E-state index in [1.54, 1.807) is 11.3 Å². The Balaban J connectivity index is 1.35. The van der Waals surface area contributed by atoms with Crippen LogP contribution in [0, 0.1) is 17.8 Å². The topological polar surface area (TPSA) is 54.3 Å².